The van der Waals surface area contributed by atoms with Gasteiger partial charge in [0.1, 0.15) is 4.99 Å². The Bertz CT molecular complexity index is 523. The lowest BCUT2D eigenvalue weighted by Crippen LogP contribution is -2.44. The molecule has 116 valence electrons. The van der Waals surface area contributed by atoms with Crippen molar-refractivity contribution in [1.82, 2.24) is 15.1 Å². The molecule has 0 bridgehead atoms. The van der Waals surface area contributed by atoms with Gasteiger partial charge in [-0.2, -0.15) is 5.10 Å². The van der Waals surface area contributed by atoms with Gasteiger partial charge >= 0.3 is 0 Å². The molecule has 21 heavy (non-hydrogen) atoms. The van der Waals surface area contributed by atoms with Crippen molar-refractivity contribution in [3.05, 3.63) is 16.8 Å². The van der Waals surface area contributed by atoms with E-state index in [-0.39, 0.29) is 0 Å². The van der Waals surface area contributed by atoms with Crippen molar-refractivity contribution in [1.29, 1.82) is 0 Å². The Hall–Kier alpha value is -1.27. The molecule has 2 N–H and O–H groups in total. The van der Waals surface area contributed by atoms with E-state index in [1.807, 2.05) is 13.8 Å². The topological polar surface area (TPSA) is 58.3 Å². The number of nitrogens with zero attached hydrogens (tertiary/aromatic N) is 4. The van der Waals surface area contributed by atoms with Crippen LogP contribution in [0.5, 0.6) is 0 Å². The van der Waals surface area contributed by atoms with Crippen molar-refractivity contribution in [2.45, 2.75) is 39.7 Å². The molecule has 0 aliphatic carbocycles. The van der Waals surface area contributed by atoms with Gasteiger partial charge in [-0.25, -0.2) is 0 Å². The van der Waals surface area contributed by atoms with Crippen molar-refractivity contribution in [2.24, 2.45) is 5.73 Å². The predicted molar refractivity (Wildman–Crippen MR) is 90.9 cm³/mol. The Labute approximate surface area is 132 Å². The molecule has 6 heteroatoms. The third-order valence-corrected chi connectivity index (χ3v) is 4.77. The SMILES string of the molecule is CCN1CCC(N(C)c2nnc(C)c(C)c2C(N)=S)CC1. The summed E-state index contributed by atoms with van der Waals surface area (Å²) in [5.74, 6) is 0.820. The van der Waals surface area contributed by atoms with E-state index in [4.69, 9.17) is 18.0 Å². The Morgan fingerprint density at radius 1 is 1.33 bits per heavy atom. The molecule has 0 atom stereocenters. The van der Waals surface area contributed by atoms with Gasteiger partial charge in [-0.05, 0) is 38.8 Å². The molecular weight excluding hydrogens is 282 g/mol. The Morgan fingerprint density at radius 2 is 1.95 bits per heavy atom. The smallest absolute Gasteiger partial charge is 0.161 e. The van der Waals surface area contributed by atoms with Gasteiger partial charge in [0.2, 0.25) is 0 Å². The molecule has 1 fully saturated rings. The zero-order chi connectivity index (χ0) is 15.6. The number of piperidine rings is 1. The first-order valence-electron chi connectivity index (χ1n) is 7.54. The number of thiocarbonyl (C=S) groups is 1. The van der Waals surface area contributed by atoms with Crippen molar-refractivity contribution in [3.8, 4) is 0 Å². The fourth-order valence-corrected chi connectivity index (χ4v) is 3.18. The van der Waals surface area contributed by atoms with Gasteiger partial charge < -0.3 is 15.5 Å². The van der Waals surface area contributed by atoms with Gasteiger partial charge in [0.25, 0.3) is 0 Å². The van der Waals surface area contributed by atoms with E-state index in [2.05, 4.69) is 34.0 Å². The van der Waals surface area contributed by atoms with E-state index in [9.17, 15) is 0 Å². The Morgan fingerprint density at radius 3 is 2.48 bits per heavy atom. The highest BCUT2D eigenvalue weighted by molar-refractivity contribution is 7.80. The van der Waals surface area contributed by atoms with Crippen molar-refractivity contribution < 1.29 is 0 Å². The minimum absolute atomic E-state index is 0.401. The standard InChI is InChI=1S/C15H25N5S/c1-5-20-8-6-12(7-9-20)19(4)15-13(14(16)21)10(2)11(3)17-18-15/h12H,5-9H2,1-4H3,(H2,16,21). The summed E-state index contributed by atoms with van der Waals surface area (Å²) in [4.78, 5) is 5.09. The fourth-order valence-electron chi connectivity index (χ4n) is 2.93. The molecule has 2 rings (SSSR count). The van der Waals surface area contributed by atoms with E-state index in [1.54, 1.807) is 0 Å². The molecule has 2 heterocycles. The van der Waals surface area contributed by atoms with Crippen LogP contribution in [-0.4, -0.2) is 52.8 Å². The second-order valence-corrected chi connectivity index (χ2v) is 6.19. The summed E-state index contributed by atoms with van der Waals surface area (Å²) in [6.07, 6.45) is 2.27. The summed E-state index contributed by atoms with van der Waals surface area (Å²) >= 11 is 5.23. The number of hydrogen-bond donors (Lipinski definition) is 1. The molecule has 0 unspecified atom stereocenters. The van der Waals surface area contributed by atoms with Crippen LogP contribution < -0.4 is 10.6 Å². The van der Waals surface area contributed by atoms with E-state index in [0.717, 1.165) is 55.1 Å². The summed E-state index contributed by atoms with van der Waals surface area (Å²) in [7, 11) is 2.08. The summed E-state index contributed by atoms with van der Waals surface area (Å²) in [6, 6.07) is 0.470. The van der Waals surface area contributed by atoms with Gasteiger partial charge in [-0.15, -0.1) is 5.10 Å². The molecule has 1 aliphatic heterocycles. The zero-order valence-electron chi connectivity index (χ0n) is 13.4. The fraction of sp³-hybridized carbons (Fsp3) is 0.667. The van der Waals surface area contributed by atoms with Gasteiger partial charge in [0, 0.05) is 26.2 Å². The Kier molecular flexibility index (Phi) is 5.11. The maximum Gasteiger partial charge on any atom is 0.161 e. The summed E-state index contributed by atoms with van der Waals surface area (Å²) < 4.78 is 0. The van der Waals surface area contributed by atoms with Crippen LogP contribution in [0.25, 0.3) is 0 Å². The monoisotopic (exact) mass is 307 g/mol. The van der Waals surface area contributed by atoms with Gasteiger partial charge in [0.15, 0.2) is 5.82 Å². The van der Waals surface area contributed by atoms with Crippen LogP contribution in [-0.2, 0) is 0 Å². The molecular formula is C15H25N5S. The number of aromatic nitrogens is 2. The average Bonchev–Trinajstić information content (AvgIpc) is 2.48. The van der Waals surface area contributed by atoms with E-state index in [0.29, 0.717) is 11.0 Å². The van der Waals surface area contributed by atoms with Crippen LogP contribution in [0.2, 0.25) is 0 Å². The largest absolute Gasteiger partial charge is 0.389 e. The zero-order valence-corrected chi connectivity index (χ0v) is 14.2. The predicted octanol–water partition coefficient (Wildman–Crippen LogP) is 1.65. The minimum atomic E-state index is 0.401. The van der Waals surface area contributed by atoms with Crippen molar-refractivity contribution in [3.63, 3.8) is 0 Å². The normalized spacial score (nSPS) is 17.0. The van der Waals surface area contributed by atoms with Crippen LogP contribution >= 0.6 is 12.2 Å². The molecule has 1 aromatic heterocycles. The third-order valence-electron chi connectivity index (χ3n) is 4.57. The maximum atomic E-state index is 5.92. The second kappa shape index (κ2) is 6.66. The highest BCUT2D eigenvalue weighted by Crippen LogP contribution is 2.26. The molecule has 1 aromatic rings. The van der Waals surface area contributed by atoms with Crippen molar-refractivity contribution in [2.75, 3.05) is 31.6 Å². The lowest BCUT2D eigenvalue weighted by Gasteiger charge is -2.37. The van der Waals surface area contributed by atoms with Crippen LogP contribution in [0, 0.1) is 13.8 Å². The summed E-state index contributed by atoms with van der Waals surface area (Å²) in [6.45, 7) is 9.54. The van der Waals surface area contributed by atoms with Gasteiger partial charge in [-0.3, -0.25) is 0 Å². The highest BCUT2D eigenvalue weighted by atomic mass is 32.1. The van der Waals surface area contributed by atoms with Gasteiger partial charge in [0.05, 0.1) is 11.3 Å². The van der Waals surface area contributed by atoms with Crippen LogP contribution in [0.1, 0.15) is 36.6 Å². The summed E-state index contributed by atoms with van der Waals surface area (Å²) in [5, 5.41) is 8.62. The molecule has 5 nitrogen and oxygen atoms in total. The first-order valence-corrected chi connectivity index (χ1v) is 7.95. The molecule has 1 saturated heterocycles. The number of aryl methyl sites for hydroxylation is 1. The quantitative estimate of drug-likeness (QED) is 0.854. The average molecular weight is 307 g/mol. The van der Waals surface area contributed by atoms with E-state index < -0.39 is 0 Å². The molecule has 0 saturated carbocycles. The van der Waals surface area contributed by atoms with Crippen LogP contribution in [0.3, 0.4) is 0 Å². The minimum Gasteiger partial charge on any atom is -0.389 e. The number of nitrogens with two attached hydrogens (primary N) is 1. The highest BCUT2D eigenvalue weighted by Gasteiger charge is 2.26. The van der Waals surface area contributed by atoms with Crippen LogP contribution in [0.4, 0.5) is 5.82 Å². The number of anilines is 1. The van der Waals surface area contributed by atoms with Crippen LogP contribution in [0.15, 0.2) is 0 Å². The maximum absolute atomic E-state index is 5.92. The molecule has 1 aliphatic rings. The first kappa shape index (κ1) is 16.1. The van der Waals surface area contributed by atoms with E-state index >= 15 is 0 Å². The lowest BCUT2D eigenvalue weighted by molar-refractivity contribution is 0.220. The Balaban J connectivity index is 2.25. The molecule has 0 radical (unpaired) electrons. The van der Waals surface area contributed by atoms with Gasteiger partial charge in [-0.1, -0.05) is 19.1 Å². The molecule has 0 spiro atoms. The number of hydrogen-bond acceptors (Lipinski definition) is 5. The molecule has 0 amide bonds. The third kappa shape index (κ3) is 3.32. The second-order valence-electron chi connectivity index (χ2n) is 5.75. The van der Waals surface area contributed by atoms with E-state index in [1.165, 1.54) is 0 Å². The van der Waals surface area contributed by atoms with Crippen molar-refractivity contribution >= 4 is 23.0 Å². The molecule has 0 aromatic carbocycles. The summed E-state index contributed by atoms with van der Waals surface area (Å²) in [5.41, 5.74) is 8.71. The lowest BCUT2D eigenvalue weighted by atomic mass is 10.0. The number of likely N-dealkylation sites (tertiary alicyclic amines) is 1. The number of rotatable bonds is 4. The first-order chi connectivity index (χ1) is 9.95.